The third kappa shape index (κ3) is 2.24. The number of rotatable bonds is 1. The quantitative estimate of drug-likeness (QED) is 0.732. The van der Waals surface area contributed by atoms with E-state index in [1.54, 1.807) is 4.90 Å². The van der Waals surface area contributed by atoms with Crippen LogP contribution in [0.3, 0.4) is 0 Å². The topological polar surface area (TPSA) is 78.5 Å². The highest BCUT2D eigenvalue weighted by atomic mass is 16.2. The number of carbonyl (C=O) groups is 3. The molecule has 3 amide bonds. The second kappa shape index (κ2) is 5.14. The minimum atomic E-state index is -0.530. The molecule has 1 aromatic carbocycles. The molecule has 130 valence electrons. The Bertz CT molecular complexity index is 810. The molecule has 0 bridgehead atoms. The van der Waals surface area contributed by atoms with Crippen LogP contribution in [0, 0.1) is 5.41 Å². The van der Waals surface area contributed by atoms with Crippen LogP contribution in [-0.4, -0.2) is 41.8 Å². The van der Waals surface area contributed by atoms with Crippen molar-refractivity contribution in [3.05, 3.63) is 34.4 Å². The first-order valence-corrected chi connectivity index (χ1v) is 9.05. The smallest absolute Gasteiger partial charge is 0.255 e. The molecule has 1 aromatic rings. The van der Waals surface area contributed by atoms with Gasteiger partial charge in [0.1, 0.15) is 6.04 Å². The zero-order valence-corrected chi connectivity index (χ0v) is 14.1. The number of amides is 3. The van der Waals surface area contributed by atoms with E-state index >= 15 is 0 Å². The van der Waals surface area contributed by atoms with E-state index in [0.717, 1.165) is 37.1 Å². The molecule has 0 saturated carbocycles. The Hall–Kier alpha value is -2.21. The van der Waals surface area contributed by atoms with E-state index in [2.05, 4.69) is 22.8 Å². The number of nitrogens with zero attached hydrogens (tertiary/aromatic N) is 1. The summed E-state index contributed by atoms with van der Waals surface area (Å²) in [6, 6.07) is 3.71. The molecule has 2 saturated heterocycles. The predicted molar refractivity (Wildman–Crippen MR) is 89.8 cm³/mol. The Labute approximate surface area is 145 Å². The first-order valence-electron chi connectivity index (χ1n) is 9.05. The summed E-state index contributed by atoms with van der Waals surface area (Å²) in [5.41, 5.74) is 4.76. The van der Waals surface area contributed by atoms with Crippen molar-refractivity contribution in [1.29, 1.82) is 0 Å². The Morgan fingerprint density at radius 3 is 2.60 bits per heavy atom. The summed E-state index contributed by atoms with van der Waals surface area (Å²) < 4.78 is 0. The highest BCUT2D eigenvalue weighted by molar-refractivity contribution is 6.05. The molecule has 1 spiro atoms. The molecular formula is C19H21N3O3. The largest absolute Gasteiger partial charge is 0.322 e. The lowest BCUT2D eigenvalue weighted by Crippen LogP contribution is -2.52. The molecule has 6 heteroatoms. The zero-order valence-electron chi connectivity index (χ0n) is 14.1. The van der Waals surface area contributed by atoms with Gasteiger partial charge in [-0.15, -0.1) is 0 Å². The Morgan fingerprint density at radius 2 is 1.88 bits per heavy atom. The first kappa shape index (κ1) is 15.1. The molecule has 1 unspecified atom stereocenters. The summed E-state index contributed by atoms with van der Waals surface area (Å²) >= 11 is 0. The standard InChI is InChI=1S/C19H21N3O3/c23-16-2-1-15(17(24)21-16)22-9-13-5-11-7-19(3-4-20-10-19)8-12(11)6-14(13)18(22)25/h5-6,15,20H,1-4,7-10H2,(H,21,23,24)/t15?,19-/m0/s1. The van der Waals surface area contributed by atoms with Crippen molar-refractivity contribution in [2.45, 2.75) is 44.7 Å². The van der Waals surface area contributed by atoms with E-state index < -0.39 is 6.04 Å². The average Bonchev–Trinajstić information content (AvgIpc) is 3.25. The number of hydrogen-bond acceptors (Lipinski definition) is 4. The van der Waals surface area contributed by atoms with E-state index in [9.17, 15) is 14.4 Å². The van der Waals surface area contributed by atoms with Crippen molar-refractivity contribution in [1.82, 2.24) is 15.5 Å². The molecule has 2 N–H and O–H groups in total. The fourth-order valence-corrected chi connectivity index (χ4v) is 5.01. The molecule has 25 heavy (non-hydrogen) atoms. The zero-order chi connectivity index (χ0) is 17.2. The predicted octanol–water partition coefficient (Wildman–Crippen LogP) is 0.526. The maximum Gasteiger partial charge on any atom is 0.255 e. The maximum absolute atomic E-state index is 12.9. The molecule has 4 aliphatic rings. The average molecular weight is 339 g/mol. The van der Waals surface area contributed by atoms with Crippen LogP contribution in [0.5, 0.6) is 0 Å². The van der Waals surface area contributed by atoms with Crippen LogP contribution in [0.25, 0.3) is 0 Å². The summed E-state index contributed by atoms with van der Waals surface area (Å²) in [5.74, 6) is -0.668. The second-order valence-electron chi connectivity index (χ2n) is 7.96. The third-order valence-electron chi connectivity index (χ3n) is 6.31. The van der Waals surface area contributed by atoms with Crippen molar-refractivity contribution < 1.29 is 14.4 Å². The van der Waals surface area contributed by atoms with Crippen molar-refractivity contribution >= 4 is 17.7 Å². The van der Waals surface area contributed by atoms with Gasteiger partial charge in [-0.3, -0.25) is 19.7 Å². The van der Waals surface area contributed by atoms with Crippen molar-refractivity contribution in [2.24, 2.45) is 5.41 Å². The van der Waals surface area contributed by atoms with Crippen LogP contribution in [0.2, 0.25) is 0 Å². The molecule has 1 aliphatic carbocycles. The summed E-state index contributed by atoms with van der Waals surface area (Å²) in [6.07, 6.45) is 4.02. The monoisotopic (exact) mass is 339 g/mol. The Kier molecular flexibility index (Phi) is 3.10. The van der Waals surface area contributed by atoms with Gasteiger partial charge in [0, 0.05) is 25.1 Å². The number of benzene rings is 1. The molecule has 2 fully saturated rings. The number of nitrogens with one attached hydrogen (secondary N) is 2. The van der Waals surface area contributed by atoms with E-state index in [1.807, 2.05) is 0 Å². The van der Waals surface area contributed by atoms with Gasteiger partial charge < -0.3 is 10.2 Å². The van der Waals surface area contributed by atoms with E-state index in [0.29, 0.717) is 24.8 Å². The van der Waals surface area contributed by atoms with Gasteiger partial charge in [-0.25, -0.2) is 0 Å². The lowest BCUT2D eigenvalue weighted by Gasteiger charge is -2.29. The Morgan fingerprint density at radius 1 is 1.08 bits per heavy atom. The third-order valence-corrected chi connectivity index (χ3v) is 6.31. The van der Waals surface area contributed by atoms with E-state index in [4.69, 9.17) is 0 Å². The summed E-state index contributed by atoms with van der Waals surface area (Å²) in [7, 11) is 0. The lowest BCUT2D eigenvalue weighted by atomic mass is 9.84. The minimum Gasteiger partial charge on any atom is -0.322 e. The van der Waals surface area contributed by atoms with Crippen LogP contribution in [-0.2, 0) is 29.0 Å². The number of piperidine rings is 1. The highest BCUT2D eigenvalue weighted by Crippen LogP contribution is 2.43. The van der Waals surface area contributed by atoms with E-state index in [1.165, 1.54) is 17.5 Å². The summed E-state index contributed by atoms with van der Waals surface area (Å²) in [4.78, 5) is 38.0. The molecule has 5 rings (SSSR count). The highest BCUT2D eigenvalue weighted by Gasteiger charge is 2.43. The van der Waals surface area contributed by atoms with Gasteiger partial charge in [-0.1, -0.05) is 6.07 Å². The number of hydrogen-bond donors (Lipinski definition) is 2. The molecular weight excluding hydrogens is 318 g/mol. The number of carbonyl (C=O) groups excluding carboxylic acids is 3. The fraction of sp³-hybridized carbons (Fsp3) is 0.526. The molecule has 0 aromatic heterocycles. The normalized spacial score (nSPS) is 30.8. The molecule has 0 radical (unpaired) electrons. The molecule has 3 heterocycles. The second-order valence-corrected chi connectivity index (χ2v) is 7.96. The van der Waals surface area contributed by atoms with Gasteiger partial charge in [0.05, 0.1) is 0 Å². The van der Waals surface area contributed by atoms with Crippen LogP contribution in [0.1, 0.15) is 46.3 Å². The number of fused-ring (bicyclic) bond motifs is 2. The van der Waals surface area contributed by atoms with Crippen molar-refractivity contribution in [2.75, 3.05) is 13.1 Å². The maximum atomic E-state index is 12.9. The Balaban J connectivity index is 1.42. The van der Waals surface area contributed by atoms with Gasteiger partial charge in [-0.05, 0) is 60.4 Å². The van der Waals surface area contributed by atoms with Gasteiger partial charge in [0.25, 0.3) is 5.91 Å². The van der Waals surface area contributed by atoms with Crippen molar-refractivity contribution in [3.63, 3.8) is 0 Å². The van der Waals surface area contributed by atoms with Crippen LogP contribution in [0.4, 0.5) is 0 Å². The first-order chi connectivity index (χ1) is 12.0. The molecule has 2 atom stereocenters. The van der Waals surface area contributed by atoms with Gasteiger partial charge in [0.2, 0.25) is 11.8 Å². The molecule has 3 aliphatic heterocycles. The fourth-order valence-electron chi connectivity index (χ4n) is 5.01. The van der Waals surface area contributed by atoms with Crippen LogP contribution in [0.15, 0.2) is 12.1 Å². The van der Waals surface area contributed by atoms with Gasteiger partial charge >= 0.3 is 0 Å². The summed E-state index contributed by atoms with van der Waals surface area (Å²) in [6.45, 7) is 2.61. The van der Waals surface area contributed by atoms with Gasteiger partial charge in [0.15, 0.2) is 0 Å². The minimum absolute atomic E-state index is 0.0715. The van der Waals surface area contributed by atoms with Crippen LogP contribution >= 0.6 is 0 Å². The van der Waals surface area contributed by atoms with E-state index in [-0.39, 0.29) is 17.7 Å². The van der Waals surface area contributed by atoms with Crippen LogP contribution < -0.4 is 10.6 Å². The SMILES string of the molecule is O=C1CCC(N2Cc3cc4c(cc3C2=O)C[C@]2(CCNC2)C4)C(=O)N1. The molecule has 6 nitrogen and oxygen atoms in total. The summed E-state index contributed by atoms with van der Waals surface area (Å²) in [5, 5.41) is 5.82. The van der Waals surface area contributed by atoms with Gasteiger partial charge in [-0.2, -0.15) is 0 Å². The number of imide groups is 1. The lowest BCUT2D eigenvalue weighted by molar-refractivity contribution is -0.136. The van der Waals surface area contributed by atoms with Crippen molar-refractivity contribution in [3.8, 4) is 0 Å².